The second-order valence-electron chi connectivity index (χ2n) is 4.10. The maximum absolute atomic E-state index is 12.9. The molecule has 0 amide bonds. The highest BCUT2D eigenvalue weighted by Gasteiger charge is 2.09. The van der Waals surface area contributed by atoms with E-state index < -0.39 is 0 Å². The molecule has 0 saturated carbocycles. The highest BCUT2D eigenvalue weighted by Crippen LogP contribution is 2.21. The summed E-state index contributed by atoms with van der Waals surface area (Å²) in [5.41, 5.74) is 9.11. The molecule has 0 fully saturated rings. The number of rotatable bonds is 4. The van der Waals surface area contributed by atoms with E-state index in [0.29, 0.717) is 0 Å². The Morgan fingerprint density at radius 2 is 2.20 bits per heavy atom. The quantitative estimate of drug-likeness (QED) is 0.751. The fourth-order valence-corrected chi connectivity index (χ4v) is 1.61. The fourth-order valence-electron chi connectivity index (χ4n) is 1.61. The molecule has 0 bridgehead atoms. The van der Waals surface area contributed by atoms with Crippen molar-refractivity contribution in [3.63, 3.8) is 0 Å². The third-order valence-electron chi connectivity index (χ3n) is 2.51. The van der Waals surface area contributed by atoms with Gasteiger partial charge in [0.1, 0.15) is 5.82 Å². The first-order valence-electron chi connectivity index (χ1n) is 5.16. The smallest absolute Gasteiger partial charge is 0.123 e. The Morgan fingerprint density at radius 1 is 1.53 bits per heavy atom. The van der Waals surface area contributed by atoms with E-state index in [1.54, 1.807) is 6.07 Å². The van der Waals surface area contributed by atoms with Gasteiger partial charge in [0.05, 0.1) is 0 Å². The van der Waals surface area contributed by atoms with Crippen LogP contribution in [-0.2, 0) is 0 Å². The number of allylic oxidation sites excluding steroid dienone is 1. The Kier molecular flexibility index (Phi) is 4.04. The van der Waals surface area contributed by atoms with Crippen LogP contribution in [0.3, 0.4) is 0 Å². The van der Waals surface area contributed by atoms with Crippen molar-refractivity contribution in [1.29, 1.82) is 0 Å². The molecule has 0 aromatic heterocycles. The summed E-state index contributed by atoms with van der Waals surface area (Å²) in [6.07, 6.45) is 1.78. The normalized spacial score (nSPS) is 12.5. The van der Waals surface area contributed by atoms with Crippen LogP contribution in [0.15, 0.2) is 30.4 Å². The molecule has 2 N–H and O–H groups in total. The van der Waals surface area contributed by atoms with Gasteiger partial charge in [-0.1, -0.05) is 11.6 Å². The molecule has 0 aliphatic rings. The van der Waals surface area contributed by atoms with Crippen LogP contribution in [0.25, 0.3) is 0 Å². The molecule has 0 heterocycles. The van der Waals surface area contributed by atoms with E-state index in [4.69, 9.17) is 5.73 Å². The van der Waals surface area contributed by atoms with Crippen LogP contribution in [0, 0.1) is 12.7 Å². The van der Waals surface area contributed by atoms with Crippen molar-refractivity contribution in [1.82, 2.24) is 0 Å². The molecule has 0 saturated heterocycles. The van der Waals surface area contributed by atoms with Crippen LogP contribution in [-0.4, -0.2) is 0 Å². The lowest BCUT2D eigenvalue weighted by Crippen LogP contribution is -2.11. The average Bonchev–Trinajstić information content (AvgIpc) is 2.14. The molecule has 0 aliphatic carbocycles. The highest BCUT2D eigenvalue weighted by molar-refractivity contribution is 5.29. The van der Waals surface area contributed by atoms with Crippen molar-refractivity contribution in [2.45, 2.75) is 32.7 Å². The van der Waals surface area contributed by atoms with Gasteiger partial charge in [-0.05, 0) is 49.9 Å². The summed E-state index contributed by atoms with van der Waals surface area (Å²) in [6, 6.07) is 4.73. The highest BCUT2D eigenvalue weighted by atomic mass is 19.1. The summed E-state index contributed by atoms with van der Waals surface area (Å²) in [6.45, 7) is 7.72. The van der Waals surface area contributed by atoms with Gasteiger partial charge in [0.2, 0.25) is 0 Å². The van der Waals surface area contributed by atoms with Crippen LogP contribution in [0.1, 0.15) is 36.9 Å². The zero-order valence-corrected chi connectivity index (χ0v) is 9.39. The number of hydrogen-bond acceptors (Lipinski definition) is 1. The van der Waals surface area contributed by atoms with Crippen molar-refractivity contribution in [2.24, 2.45) is 5.73 Å². The first-order chi connectivity index (χ1) is 7.00. The maximum Gasteiger partial charge on any atom is 0.123 e. The summed E-state index contributed by atoms with van der Waals surface area (Å²) in [7, 11) is 0. The second kappa shape index (κ2) is 5.08. The molecule has 1 rings (SSSR count). The molecular formula is C13H18FN. The number of halogens is 1. The van der Waals surface area contributed by atoms with Crippen LogP contribution < -0.4 is 5.73 Å². The molecule has 1 aromatic carbocycles. The first-order valence-corrected chi connectivity index (χ1v) is 5.16. The fraction of sp³-hybridized carbons (Fsp3) is 0.385. The van der Waals surface area contributed by atoms with Crippen LogP contribution in [0.4, 0.5) is 4.39 Å². The minimum absolute atomic E-state index is 0.0256. The van der Waals surface area contributed by atoms with E-state index >= 15 is 0 Å². The second-order valence-corrected chi connectivity index (χ2v) is 4.10. The largest absolute Gasteiger partial charge is 0.324 e. The minimum Gasteiger partial charge on any atom is -0.324 e. The summed E-state index contributed by atoms with van der Waals surface area (Å²) in [4.78, 5) is 0. The van der Waals surface area contributed by atoms with Crippen LogP contribution in [0.5, 0.6) is 0 Å². The van der Waals surface area contributed by atoms with Crippen LogP contribution >= 0.6 is 0 Å². The Hall–Kier alpha value is -1.15. The van der Waals surface area contributed by atoms with E-state index in [1.165, 1.54) is 12.1 Å². The van der Waals surface area contributed by atoms with E-state index in [9.17, 15) is 4.39 Å². The molecular weight excluding hydrogens is 189 g/mol. The summed E-state index contributed by atoms with van der Waals surface area (Å²) < 4.78 is 12.9. The van der Waals surface area contributed by atoms with E-state index in [0.717, 1.165) is 29.5 Å². The molecule has 0 spiro atoms. The number of aryl methyl sites for hydroxylation is 1. The van der Waals surface area contributed by atoms with Crippen molar-refractivity contribution in [2.75, 3.05) is 0 Å². The summed E-state index contributed by atoms with van der Waals surface area (Å²) in [5.74, 6) is -0.205. The van der Waals surface area contributed by atoms with E-state index in [-0.39, 0.29) is 11.9 Å². The molecule has 1 unspecified atom stereocenters. The number of benzene rings is 1. The third kappa shape index (κ3) is 3.48. The zero-order valence-electron chi connectivity index (χ0n) is 9.39. The molecule has 0 radical (unpaired) electrons. The molecule has 15 heavy (non-hydrogen) atoms. The summed E-state index contributed by atoms with van der Waals surface area (Å²) >= 11 is 0. The Morgan fingerprint density at radius 3 is 2.73 bits per heavy atom. The molecule has 0 aliphatic heterocycles. The predicted molar refractivity (Wildman–Crippen MR) is 62.1 cm³/mol. The van der Waals surface area contributed by atoms with Gasteiger partial charge < -0.3 is 5.73 Å². The van der Waals surface area contributed by atoms with Gasteiger partial charge >= 0.3 is 0 Å². The van der Waals surface area contributed by atoms with Crippen molar-refractivity contribution in [3.05, 3.63) is 47.3 Å². The van der Waals surface area contributed by atoms with E-state index in [2.05, 4.69) is 6.58 Å². The van der Waals surface area contributed by atoms with Gasteiger partial charge in [-0.2, -0.15) is 0 Å². The molecule has 1 atom stereocenters. The van der Waals surface area contributed by atoms with Crippen molar-refractivity contribution < 1.29 is 4.39 Å². The first kappa shape index (κ1) is 11.9. The molecule has 82 valence electrons. The molecule has 2 heteroatoms. The lowest BCUT2D eigenvalue weighted by molar-refractivity contribution is 0.615. The van der Waals surface area contributed by atoms with Gasteiger partial charge in [0.15, 0.2) is 0 Å². The standard InChI is InChI=1S/C13H18FN/c1-9(2)4-7-13(15)12-6-5-11(14)8-10(12)3/h5-6,8,13H,1,4,7,15H2,2-3H3. The van der Waals surface area contributed by atoms with Gasteiger partial charge in [-0.15, -0.1) is 6.58 Å². The minimum atomic E-state index is -0.205. The molecule has 1 nitrogen and oxygen atoms in total. The molecule has 1 aromatic rings. The Labute approximate surface area is 90.8 Å². The number of hydrogen-bond donors (Lipinski definition) is 1. The average molecular weight is 207 g/mol. The third-order valence-corrected chi connectivity index (χ3v) is 2.51. The maximum atomic E-state index is 12.9. The van der Waals surface area contributed by atoms with Crippen LogP contribution in [0.2, 0.25) is 0 Å². The van der Waals surface area contributed by atoms with Gasteiger partial charge in [0, 0.05) is 6.04 Å². The van der Waals surface area contributed by atoms with Gasteiger partial charge in [-0.3, -0.25) is 0 Å². The summed E-state index contributed by atoms with van der Waals surface area (Å²) in [5, 5.41) is 0. The zero-order chi connectivity index (χ0) is 11.4. The monoisotopic (exact) mass is 207 g/mol. The Balaban J connectivity index is 2.73. The van der Waals surface area contributed by atoms with Crippen molar-refractivity contribution in [3.8, 4) is 0 Å². The van der Waals surface area contributed by atoms with Gasteiger partial charge in [-0.25, -0.2) is 4.39 Å². The Bertz CT molecular complexity index is 358. The van der Waals surface area contributed by atoms with Crippen molar-refractivity contribution >= 4 is 0 Å². The lowest BCUT2D eigenvalue weighted by Gasteiger charge is -2.14. The van der Waals surface area contributed by atoms with Gasteiger partial charge in [0.25, 0.3) is 0 Å². The lowest BCUT2D eigenvalue weighted by atomic mass is 9.97. The SMILES string of the molecule is C=C(C)CCC(N)c1ccc(F)cc1C. The van der Waals surface area contributed by atoms with E-state index in [1.807, 2.05) is 13.8 Å². The number of nitrogens with two attached hydrogens (primary N) is 1. The predicted octanol–water partition coefficient (Wildman–Crippen LogP) is 3.49. The topological polar surface area (TPSA) is 26.0 Å².